The number of carbonyl (C=O) groups excluding carboxylic acids is 3. The first-order valence-electron chi connectivity index (χ1n) is 11.0. The maximum absolute atomic E-state index is 13.4. The van der Waals surface area contributed by atoms with Gasteiger partial charge in [-0.15, -0.1) is 0 Å². The molecule has 1 aromatic carbocycles. The number of carbonyl (C=O) groups is 3. The molecule has 7 nitrogen and oxygen atoms in total. The van der Waals surface area contributed by atoms with E-state index in [4.69, 9.17) is 0 Å². The molecule has 3 amide bonds. The van der Waals surface area contributed by atoms with Gasteiger partial charge < -0.3 is 10.2 Å². The minimum absolute atomic E-state index is 0.0342. The molecule has 0 bridgehead atoms. The van der Waals surface area contributed by atoms with Gasteiger partial charge in [0.25, 0.3) is 5.91 Å². The van der Waals surface area contributed by atoms with Gasteiger partial charge in [-0.05, 0) is 42.9 Å². The van der Waals surface area contributed by atoms with Gasteiger partial charge in [0.2, 0.25) is 11.8 Å². The molecule has 0 spiro atoms. The van der Waals surface area contributed by atoms with E-state index in [9.17, 15) is 14.4 Å². The van der Waals surface area contributed by atoms with E-state index >= 15 is 0 Å². The molecule has 1 unspecified atom stereocenters. The largest absolute Gasteiger partial charge is 0.326 e. The third kappa shape index (κ3) is 3.90. The molecule has 3 aliphatic rings. The summed E-state index contributed by atoms with van der Waals surface area (Å²) in [5.41, 5.74) is 1.71. The minimum atomic E-state index is -0.597. The van der Waals surface area contributed by atoms with E-state index in [0.717, 1.165) is 30.6 Å². The Kier molecular flexibility index (Phi) is 5.99. The van der Waals surface area contributed by atoms with Crippen molar-refractivity contribution >= 4 is 29.6 Å². The van der Waals surface area contributed by atoms with Gasteiger partial charge in [-0.25, -0.2) is 4.99 Å². The Hall–Kier alpha value is -2.54. The lowest BCUT2D eigenvalue weighted by molar-refractivity contribution is -0.142. The standard InChI is InChI=1S/C23H30N4O3/c1-3-17-15(2)13-24-22(29)19-9-6-11-26(19)12-10-20(28)27-14-16-7-4-5-8-18(16)25-23(30)21(17)27/h4-5,7-8,13,15,17,19,21H,3,6,9-12,14H2,1-2H3,(H,25,30)/t15-,17?,19+,21-/m0/s1. The molecule has 0 aliphatic carbocycles. The molecular weight excluding hydrogens is 380 g/mol. The zero-order valence-corrected chi connectivity index (χ0v) is 17.7. The maximum Gasteiger partial charge on any atom is 0.262 e. The van der Waals surface area contributed by atoms with E-state index in [1.807, 2.05) is 38.1 Å². The number of benzene rings is 1. The molecule has 3 aliphatic heterocycles. The zero-order valence-electron chi connectivity index (χ0n) is 17.7. The van der Waals surface area contributed by atoms with Gasteiger partial charge in [-0.3, -0.25) is 19.3 Å². The lowest BCUT2D eigenvalue weighted by atomic mass is 9.84. The minimum Gasteiger partial charge on any atom is -0.326 e. The van der Waals surface area contributed by atoms with Crippen LogP contribution >= 0.6 is 0 Å². The van der Waals surface area contributed by atoms with Crippen LogP contribution in [0.4, 0.5) is 5.69 Å². The monoisotopic (exact) mass is 410 g/mol. The van der Waals surface area contributed by atoms with Crippen LogP contribution in [-0.4, -0.2) is 58.9 Å². The van der Waals surface area contributed by atoms with Gasteiger partial charge in [-0.1, -0.05) is 38.5 Å². The fourth-order valence-corrected chi connectivity index (χ4v) is 5.11. The van der Waals surface area contributed by atoms with E-state index in [2.05, 4.69) is 15.2 Å². The van der Waals surface area contributed by atoms with Crippen molar-refractivity contribution in [3.8, 4) is 0 Å². The van der Waals surface area contributed by atoms with Crippen molar-refractivity contribution in [1.29, 1.82) is 0 Å². The predicted octanol–water partition coefficient (Wildman–Crippen LogP) is 2.46. The highest BCUT2D eigenvalue weighted by Gasteiger charge is 2.41. The summed E-state index contributed by atoms with van der Waals surface area (Å²) in [6.07, 6.45) is 4.43. The van der Waals surface area contributed by atoms with Crippen LogP contribution in [0.3, 0.4) is 0 Å². The van der Waals surface area contributed by atoms with E-state index < -0.39 is 6.04 Å². The molecule has 0 aromatic heterocycles. The Morgan fingerprint density at radius 1 is 1.17 bits per heavy atom. The van der Waals surface area contributed by atoms with Crippen LogP contribution in [0.15, 0.2) is 29.3 Å². The average molecular weight is 411 g/mol. The van der Waals surface area contributed by atoms with Crippen LogP contribution in [0, 0.1) is 11.8 Å². The fourth-order valence-electron chi connectivity index (χ4n) is 5.11. The predicted molar refractivity (Wildman–Crippen MR) is 115 cm³/mol. The van der Waals surface area contributed by atoms with Crippen LogP contribution in [0.5, 0.6) is 0 Å². The van der Waals surface area contributed by atoms with Crippen molar-refractivity contribution in [2.24, 2.45) is 16.8 Å². The smallest absolute Gasteiger partial charge is 0.262 e. The molecule has 4 atom stereocenters. The van der Waals surface area contributed by atoms with Crippen molar-refractivity contribution in [2.45, 2.75) is 58.2 Å². The second-order valence-corrected chi connectivity index (χ2v) is 8.60. The van der Waals surface area contributed by atoms with Crippen molar-refractivity contribution in [2.75, 3.05) is 18.4 Å². The Balaban J connectivity index is 1.74. The van der Waals surface area contributed by atoms with Gasteiger partial charge >= 0.3 is 0 Å². The van der Waals surface area contributed by atoms with Crippen LogP contribution < -0.4 is 5.32 Å². The lowest BCUT2D eigenvalue weighted by Gasteiger charge is -2.37. The van der Waals surface area contributed by atoms with Gasteiger partial charge in [0.05, 0.1) is 6.04 Å². The molecule has 1 N–H and O–H groups in total. The van der Waals surface area contributed by atoms with Crippen molar-refractivity contribution in [3.05, 3.63) is 29.8 Å². The van der Waals surface area contributed by atoms with Crippen molar-refractivity contribution in [3.63, 3.8) is 0 Å². The number of nitrogens with zero attached hydrogens (tertiary/aromatic N) is 3. The Labute approximate surface area is 177 Å². The number of para-hydroxylation sites is 1. The molecule has 1 aromatic rings. The fraction of sp³-hybridized carbons (Fsp3) is 0.565. The molecule has 3 heterocycles. The Morgan fingerprint density at radius 2 is 1.97 bits per heavy atom. The zero-order chi connectivity index (χ0) is 21.3. The second-order valence-electron chi connectivity index (χ2n) is 8.60. The summed E-state index contributed by atoms with van der Waals surface area (Å²) in [6.45, 7) is 5.73. The van der Waals surface area contributed by atoms with E-state index in [-0.39, 0.29) is 35.6 Å². The van der Waals surface area contributed by atoms with Crippen LogP contribution in [0.25, 0.3) is 0 Å². The first-order chi connectivity index (χ1) is 14.5. The van der Waals surface area contributed by atoms with Crippen LogP contribution in [0.1, 0.15) is 45.1 Å². The number of rotatable bonds is 1. The summed E-state index contributed by atoms with van der Waals surface area (Å²) < 4.78 is 0. The molecular formula is C23H30N4O3. The summed E-state index contributed by atoms with van der Waals surface area (Å²) in [7, 11) is 0. The van der Waals surface area contributed by atoms with Crippen LogP contribution in [0.2, 0.25) is 0 Å². The third-order valence-electron chi connectivity index (χ3n) is 6.79. The number of aliphatic imine (C=N–C) groups is 1. The van der Waals surface area contributed by atoms with Gasteiger partial charge in [0.1, 0.15) is 6.04 Å². The molecule has 1 fully saturated rings. The summed E-state index contributed by atoms with van der Waals surface area (Å²) in [6, 6.07) is 6.83. The van der Waals surface area contributed by atoms with E-state index in [0.29, 0.717) is 25.9 Å². The molecule has 7 heteroatoms. The summed E-state index contributed by atoms with van der Waals surface area (Å²) in [4.78, 5) is 47.5. The van der Waals surface area contributed by atoms with Crippen LogP contribution in [-0.2, 0) is 20.9 Å². The first-order valence-corrected chi connectivity index (χ1v) is 11.0. The summed E-state index contributed by atoms with van der Waals surface area (Å²) >= 11 is 0. The lowest BCUT2D eigenvalue weighted by Crippen LogP contribution is -2.52. The molecule has 160 valence electrons. The topological polar surface area (TPSA) is 82.1 Å². The van der Waals surface area contributed by atoms with Crippen molar-refractivity contribution < 1.29 is 14.4 Å². The third-order valence-corrected chi connectivity index (χ3v) is 6.79. The number of nitrogens with one attached hydrogen (secondary N) is 1. The molecule has 0 saturated carbocycles. The van der Waals surface area contributed by atoms with Gasteiger partial charge in [-0.2, -0.15) is 0 Å². The Bertz CT molecular complexity index is 868. The Morgan fingerprint density at radius 3 is 2.77 bits per heavy atom. The number of anilines is 1. The molecule has 30 heavy (non-hydrogen) atoms. The quantitative estimate of drug-likeness (QED) is 0.771. The van der Waals surface area contributed by atoms with Gasteiger partial charge in [0.15, 0.2) is 0 Å². The molecule has 1 saturated heterocycles. The maximum atomic E-state index is 13.4. The summed E-state index contributed by atoms with van der Waals surface area (Å²) in [5, 5.41) is 3.03. The number of hydrogen-bond acceptors (Lipinski definition) is 4. The number of hydrogen-bond donors (Lipinski definition) is 1. The average Bonchev–Trinajstić information content (AvgIpc) is 3.16. The van der Waals surface area contributed by atoms with Crippen molar-refractivity contribution in [1.82, 2.24) is 9.80 Å². The highest BCUT2D eigenvalue weighted by molar-refractivity contribution is 5.99. The first kappa shape index (κ1) is 20.7. The highest BCUT2D eigenvalue weighted by atomic mass is 16.2. The molecule has 4 rings (SSSR count). The normalized spacial score (nSPS) is 30.5. The van der Waals surface area contributed by atoms with Gasteiger partial charge in [0, 0.05) is 31.4 Å². The summed E-state index contributed by atoms with van der Waals surface area (Å²) in [5.74, 6) is -0.563. The molecule has 0 radical (unpaired) electrons. The second kappa shape index (κ2) is 8.68. The van der Waals surface area contributed by atoms with E-state index in [1.165, 1.54) is 0 Å². The number of fused-ring (bicyclic) bond motifs is 3. The van der Waals surface area contributed by atoms with E-state index in [1.54, 1.807) is 11.1 Å². The number of amides is 3. The highest BCUT2D eigenvalue weighted by Crippen LogP contribution is 2.31. The SMILES string of the molecule is CCC1[C@H]2C(=O)Nc3ccccc3CN2C(=O)CCN2CCC[C@@H]2C(=O)N=C[C@@H]1C.